The van der Waals surface area contributed by atoms with Crippen molar-refractivity contribution in [1.29, 1.82) is 5.26 Å². The molecule has 0 bridgehead atoms. The fraction of sp³-hybridized carbons (Fsp3) is 0.500. The van der Waals surface area contributed by atoms with Gasteiger partial charge in [-0.1, -0.05) is 0 Å². The van der Waals surface area contributed by atoms with E-state index in [0.29, 0.717) is 17.1 Å². The average molecular weight is 295 g/mol. The first kappa shape index (κ1) is 16.5. The molecule has 0 radical (unpaired) electrons. The van der Waals surface area contributed by atoms with Crippen LogP contribution in [0.25, 0.3) is 0 Å². The SMILES string of the molecule is COCOc1cc(OC)ccc1C(C#N)O[Si](C)(C)C. The van der Waals surface area contributed by atoms with E-state index >= 15 is 0 Å². The van der Waals surface area contributed by atoms with Crippen molar-refractivity contribution in [1.82, 2.24) is 0 Å². The number of hydrogen-bond donors (Lipinski definition) is 0. The van der Waals surface area contributed by atoms with Gasteiger partial charge in [-0.2, -0.15) is 5.26 Å². The van der Waals surface area contributed by atoms with Crippen molar-refractivity contribution in [2.75, 3.05) is 21.0 Å². The Labute approximate surface area is 121 Å². The third-order valence-electron chi connectivity index (χ3n) is 2.42. The first-order chi connectivity index (χ1) is 9.41. The molecule has 1 aromatic rings. The molecule has 1 atom stereocenters. The molecule has 0 aliphatic heterocycles. The van der Waals surface area contributed by atoms with Crippen LogP contribution in [0.4, 0.5) is 0 Å². The van der Waals surface area contributed by atoms with E-state index < -0.39 is 14.4 Å². The third-order valence-corrected chi connectivity index (χ3v) is 3.37. The lowest BCUT2D eigenvalue weighted by molar-refractivity contribution is 0.0491. The van der Waals surface area contributed by atoms with Gasteiger partial charge in [-0.25, -0.2) is 0 Å². The Kier molecular flexibility index (Phi) is 6.01. The van der Waals surface area contributed by atoms with Gasteiger partial charge < -0.3 is 18.6 Å². The summed E-state index contributed by atoms with van der Waals surface area (Å²) in [6, 6.07) is 7.48. The van der Waals surface area contributed by atoms with Gasteiger partial charge in [0.1, 0.15) is 11.5 Å². The van der Waals surface area contributed by atoms with E-state index in [1.807, 2.05) is 19.6 Å². The Balaban J connectivity index is 3.10. The van der Waals surface area contributed by atoms with E-state index in [0.717, 1.165) is 0 Å². The van der Waals surface area contributed by atoms with Crippen LogP contribution < -0.4 is 9.47 Å². The van der Waals surface area contributed by atoms with E-state index in [2.05, 4.69) is 6.07 Å². The lowest BCUT2D eigenvalue weighted by atomic mass is 10.1. The average Bonchev–Trinajstić information content (AvgIpc) is 2.41. The van der Waals surface area contributed by atoms with Crippen LogP contribution in [-0.4, -0.2) is 29.3 Å². The van der Waals surface area contributed by atoms with Crippen molar-refractivity contribution in [3.05, 3.63) is 23.8 Å². The molecule has 0 spiro atoms. The van der Waals surface area contributed by atoms with E-state index in [1.165, 1.54) is 0 Å². The maximum atomic E-state index is 9.35. The van der Waals surface area contributed by atoms with E-state index in [1.54, 1.807) is 32.4 Å². The monoisotopic (exact) mass is 295 g/mol. The Morgan fingerprint density at radius 2 is 1.95 bits per heavy atom. The molecule has 0 N–H and O–H groups in total. The van der Waals surface area contributed by atoms with E-state index in [4.69, 9.17) is 18.6 Å². The zero-order chi connectivity index (χ0) is 15.2. The standard InChI is InChI=1S/C14H21NO4Si/c1-16-10-18-13-8-11(17-2)6-7-12(13)14(9-15)19-20(3,4)5/h6-8,14H,10H2,1-5H3. The molecule has 0 fully saturated rings. The Morgan fingerprint density at radius 3 is 2.45 bits per heavy atom. The van der Waals surface area contributed by atoms with Gasteiger partial charge in [0, 0.05) is 18.7 Å². The molecule has 0 saturated heterocycles. The molecule has 110 valence electrons. The Bertz CT molecular complexity index is 479. The minimum atomic E-state index is -1.84. The lowest BCUT2D eigenvalue weighted by Crippen LogP contribution is -2.27. The molecule has 1 rings (SSSR count). The number of benzene rings is 1. The van der Waals surface area contributed by atoms with Crippen LogP contribution in [0.2, 0.25) is 19.6 Å². The molecule has 0 aromatic heterocycles. The second-order valence-electron chi connectivity index (χ2n) is 5.19. The second kappa shape index (κ2) is 7.29. The molecule has 1 aromatic carbocycles. The number of nitriles is 1. The van der Waals surface area contributed by atoms with Crippen LogP contribution in [-0.2, 0) is 9.16 Å². The van der Waals surface area contributed by atoms with Gasteiger partial charge in [0.25, 0.3) is 0 Å². The maximum Gasteiger partial charge on any atom is 0.188 e. The maximum absolute atomic E-state index is 9.35. The summed E-state index contributed by atoms with van der Waals surface area (Å²) >= 11 is 0. The molecule has 5 nitrogen and oxygen atoms in total. The van der Waals surface area contributed by atoms with Crippen molar-refractivity contribution in [2.24, 2.45) is 0 Å². The molecule has 0 amide bonds. The molecule has 1 unspecified atom stereocenters. The van der Waals surface area contributed by atoms with Crippen LogP contribution >= 0.6 is 0 Å². The fourth-order valence-corrected chi connectivity index (χ4v) is 2.51. The lowest BCUT2D eigenvalue weighted by Gasteiger charge is -2.23. The van der Waals surface area contributed by atoms with Crippen LogP contribution in [0, 0.1) is 11.3 Å². The van der Waals surface area contributed by atoms with Gasteiger partial charge in [0.15, 0.2) is 21.2 Å². The molecule has 0 aliphatic carbocycles. The van der Waals surface area contributed by atoms with Gasteiger partial charge >= 0.3 is 0 Å². The number of ether oxygens (including phenoxy) is 3. The molecule has 6 heteroatoms. The highest BCUT2D eigenvalue weighted by Gasteiger charge is 2.25. The fourth-order valence-electron chi connectivity index (χ4n) is 1.62. The summed E-state index contributed by atoms with van der Waals surface area (Å²) in [6.45, 7) is 6.22. The van der Waals surface area contributed by atoms with Crippen LogP contribution in [0.5, 0.6) is 11.5 Å². The predicted molar refractivity (Wildman–Crippen MR) is 78.3 cm³/mol. The summed E-state index contributed by atoms with van der Waals surface area (Å²) < 4.78 is 21.5. The summed E-state index contributed by atoms with van der Waals surface area (Å²) in [5.74, 6) is 1.19. The smallest absolute Gasteiger partial charge is 0.188 e. The van der Waals surface area contributed by atoms with Gasteiger partial charge in [0.05, 0.1) is 13.2 Å². The predicted octanol–water partition coefficient (Wildman–Crippen LogP) is 3.09. The molecule has 0 heterocycles. The number of rotatable bonds is 7. The molecule has 0 aliphatic rings. The highest BCUT2D eigenvalue weighted by molar-refractivity contribution is 6.69. The first-order valence-corrected chi connectivity index (χ1v) is 9.69. The summed E-state index contributed by atoms with van der Waals surface area (Å²) in [5.41, 5.74) is 0.688. The van der Waals surface area contributed by atoms with Gasteiger partial charge in [-0.15, -0.1) is 0 Å². The molecular weight excluding hydrogens is 274 g/mol. The molecular formula is C14H21NO4Si. The molecule has 0 saturated carbocycles. The molecule has 20 heavy (non-hydrogen) atoms. The zero-order valence-corrected chi connectivity index (χ0v) is 13.6. The minimum Gasteiger partial charge on any atom is -0.497 e. The number of methoxy groups -OCH3 is 2. The minimum absolute atomic E-state index is 0.102. The largest absolute Gasteiger partial charge is 0.497 e. The highest BCUT2D eigenvalue weighted by Crippen LogP contribution is 2.33. The normalized spacial score (nSPS) is 12.6. The Morgan fingerprint density at radius 1 is 1.25 bits per heavy atom. The number of nitrogens with zero attached hydrogens (tertiary/aromatic N) is 1. The van der Waals surface area contributed by atoms with Crippen molar-refractivity contribution in [2.45, 2.75) is 25.7 Å². The van der Waals surface area contributed by atoms with Crippen molar-refractivity contribution in [3.63, 3.8) is 0 Å². The van der Waals surface area contributed by atoms with Gasteiger partial charge in [0.2, 0.25) is 0 Å². The van der Waals surface area contributed by atoms with Crippen molar-refractivity contribution < 1.29 is 18.6 Å². The Hall–Kier alpha value is -1.55. The summed E-state index contributed by atoms with van der Waals surface area (Å²) in [5, 5.41) is 9.35. The summed E-state index contributed by atoms with van der Waals surface area (Å²) in [7, 11) is 1.28. The highest BCUT2D eigenvalue weighted by atomic mass is 28.4. The third kappa shape index (κ3) is 4.85. The van der Waals surface area contributed by atoms with Crippen molar-refractivity contribution in [3.8, 4) is 17.6 Å². The second-order valence-corrected chi connectivity index (χ2v) is 9.65. The van der Waals surface area contributed by atoms with Gasteiger partial charge in [-0.3, -0.25) is 0 Å². The number of hydrogen-bond acceptors (Lipinski definition) is 5. The quantitative estimate of drug-likeness (QED) is 0.571. The van der Waals surface area contributed by atoms with E-state index in [-0.39, 0.29) is 6.79 Å². The first-order valence-electron chi connectivity index (χ1n) is 6.28. The summed E-state index contributed by atoms with van der Waals surface area (Å²) in [6.07, 6.45) is -0.653. The van der Waals surface area contributed by atoms with Crippen LogP contribution in [0.1, 0.15) is 11.7 Å². The topological polar surface area (TPSA) is 60.7 Å². The van der Waals surface area contributed by atoms with Gasteiger partial charge in [-0.05, 0) is 31.8 Å². The van der Waals surface area contributed by atoms with E-state index in [9.17, 15) is 5.26 Å². The van der Waals surface area contributed by atoms with Crippen LogP contribution in [0.3, 0.4) is 0 Å². The van der Waals surface area contributed by atoms with Crippen LogP contribution in [0.15, 0.2) is 18.2 Å². The zero-order valence-electron chi connectivity index (χ0n) is 12.6. The van der Waals surface area contributed by atoms with Crippen molar-refractivity contribution >= 4 is 8.32 Å². The summed E-state index contributed by atoms with van der Waals surface area (Å²) in [4.78, 5) is 0.